The third-order valence-electron chi connectivity index (χ3n) is 2.28. The first-order valence-electron chi connectivity index (χ1n) is 5.29. The van der Waals surface area contributed by atoms with Gasteiger partial charge < -0.3 is 9.80 Å². The Hall–Kier alpha value is -1.61. The first-order valence-corrected chi connectivity index (χ1v) is 5.29. The van der Waals surface area contributed by atoms with E-state index in [0.29, 0.717) is 6.54 Å². The molecule has 0 saturated carbocycles. The summed E-state index contributed by atoms with van der Waals surface area (Å²) >= 11 is 0. The van der Waals surface area contributed by atoms with Crippen molar-refractivity contribution in [1.29, 1.82) is 0 Å². The highest BCUT2D eigenvalue weighted by Gasteiger charge is 2.11. The summed E-state index contributed by atoms with van der Waals surface area (Å²) in [5.41, 5.74) is 0.911. The number of carbonyl (C=O) groups is 1. The van der Waals surface area contributed by atoms with Crippen molar-refractivity contribution < 1.29 is 4.79 Å². The highest BCUT2D eigenvalue weighted by molar-refractivity contribution is 6.01. The van der Waals surface area contributed by atoms with Crippen molar-refractivity contribution in [2.75, 3.05) is 32.1 Å². The van der Waals surface area contributed by atoms with Crippen molar-refractivity contribution in [3.05, 3.63) is 43.0 Å². The van der Waals surface area contributed by atoms with Gasteiger partial charge in [0.15, 0.2) is 0 Å². The number of amides is 1. The normalized spacial score (nSPS) is 10.2. The lowest BCUT2D eigenvalue weighted by molar-refractivity contribution is -0.114. The lowest BCUT2D eigenvalue weighted by Gasteiger charge is -2.23. The van der Waals surface area contributed by atoms with Crippen LogP contribution in [0.15, 0.2) is 43.0 Å². The van der Waals surface area contributed by atoms with Crippen molar-refractivity contribution in [2.45, 2.75) is 0 Å². The van der Waals surface area contributed by atoms with E-state index in [-0.39, 0.29) is 5.91 Å². The molecule has 0 saturated heterocycles. The quantitative estimate of drug-likeness (QED) is 0.703. The van der Waals surface area contributed by atoms with E-state index in [1.807, 2.05) is 49.3 Å². The topological polar surface area (TPSA) is 23.6 Å². The number of para-hydroxylation sites is 1. The smallest absolute Gasteiger partial charge is 0.250 e. The van der Waals surface area contributed by atoms with Crippen LogP contribution in [0.4, 0.5) is 5.69 Å². The van der Waals surface area contributed by atoms with E-state index < -0.39 is 0 Å². The molecule has 0 aliphatic carbocycles. The van der Waals surface area contributed by atoms with E-state index in [1.54, 1.807) is 4.90 Å². The average Bonchev–Trinajstić information content (AvgIpc) is 2.30. The van der Waals surface area contributed by atoms with Gasteiger partial charge >= 0.3 is 0 Å². The van der Waals surface area contributed by atoms with Crippen molar-refractivity contribution >= 4 is 11.6 Å². The van der Waals surface area contributed by atoms with E-state index in [2.05, 4.69) is 6.58 Å². The molecule has 0 spiro atoms. The van der Waals surface area contributed by atoms with Crippen LogP contribution in [0.2, 0.25) is 0 Å². The monoisotopic (exact) mass is 218 g/mol. The number of nitrogens with zero attached hydrogens (tertiary/aromatic N) is 2. The van der Waals surface area contributed by atoms with E-state index in [0.717, 1.165) is 12.2 Å². The molecule has 1 rings (SSSR count). The molecule has 3 heteroatoms. The molecule has 3 nitrogen and oxygen atoms in total. The molecule has 16 heavy (non-hydrogen) atoms. The minimum Gasteiger partial charge on any atom is -0.308 e. The fraction of sp³-hybridized carbons (Fsp3) is 0.308. The number of rotatable bonds is 5. The van der Waals surface area contributed by atoms with Gasteiger partial charge in [-0.2, -0.15) is 0 Å². The van der Waals surface area contributed by atoms with Gasteiger partial charge in [0.25, 0.3) is 0 Å². The van der Waals surface area contributed by atoms with Gasteiger partial charge in [-0.3, -0.25) is 4.79 Å². The molecule has 1 aromatic rings. The number of hydrogen-bond acceptors (Lipinski definition) is 2. The SMILES string of the molecule is C=CC(=O)N(CCN(C)C)c1ccccc1. The van der Waals surface area contributed by atoms with Crippen LogP contribution in [0, 0.1) is 0 Å². The summed E-state index contributed by atoms with van der Waals surface area (Å²) in [4.78, 5) is 15.5. The predicted molar refractivity (Wildman–Crippen MR) is 67.5 cm³/mol. The number of hydrogen-bond donors (Lipinski definition) is 0. The fourth-order valence-corrected chi connectivity index (χ4v) is 1.38. The number of carbonyl (C=O) groups excluding carboxylic acids is 1. The standard InChI is InChI=1S/C13H18N2O/c1-4-13(16)15(11-10-14(2)3)12-8-6-5-7-9-12/h4-9H,1,10-11H2,2-3H3. The van der Waals surface area contributed by atoms with Crippen LogP contribution in [-0.4, -0.2) is 38.0 Å². The summed E-state index contributed by atoms with van der Waals surface area (Å²) in [6.45, 7) is 5.03. The van der Waals surface area contributed by atoms with Crippen molar-refractivity contribution in [3.8, 4) is 0 Å². The Labute approximate surface area is 97.0 Å². The summed E-state index contributed by atoms with van der Waals surface area (Å²) < 4.78 is 0. The summed E-state index contributed by atoms with van der Waals surface area (Å²) in [5, 5.41) is 0. The maximum absolute atomic E-state index is 11.7. The second-order valence-corrected chi connectivity index (χ2v) is 3.83. The third kappa shape index (κ3) is 3.51. The number of anilines is 1. The Morgan fingerprint density at radius 3 is 2.38 bits per heavy atom. The summed E-state index contributed by atoms with van der Waals surface area (Å²) in [6.07, 6.45) is 1.35. The Morgan fingerprint density at radius 2 is 1.88 bits per heavy atom. The van der Waals surface area contributed by atoms with Crippen LogP contribution in [-0.2, 0) is 4.79 Å². The molecular weight excluding hydrogens is 200 g/mol. The van der Waals surface area contributed by atoms with Crippen LogP contribution >= 0.6 is 0 Å². The van der Waals surface area contributed by atoms with E-state index in [1.165, 1.54) is 6.08 Å². The maximum Gasteiger partial charge on any atom is 0.250 e. The summed E-state index contributed by atoms with van der Waals surface area (Å²) in [7, 11) is 3.98. The van der Waals surface area contributed by atoms with Crippen LogP contribution in [0.25, 0.3) is 0 Å². The van der Waals surface area contributed by atoms with Crippen LogP contribution < -0.4 is 4.90 Å². The Balaban J connectivity index is 2.79. The number of benzene rings is 1. The molecule has 0 atom stereocenters. The summed E-state index contributed by atoms with van der Waals surface area (Å²) in [5.74, 6) is -0.0620. The Bertz CT molecular complexity index is 346. The van der Waals surface area contributed by atoms with E-state index in [9.17, 15) is 4.79 Å². The third-order valence-corrected chi connectivity index (χ3v) is 2.28. The highest BCUT2D eigenvalue weighted by Crippen LogP contribution is 2.13. The molecule has 0 fully saturated rings. The van der Waals surface area contributed by atoms with Gasteiger partial charge in [-0.1, -0.05) is 24.8 Å². The molecule has 0 N–H and O–H groups in total. The predicted octanol–water partition coefficient (Wildman–Crippen LogP) is 1.77. The molecule has 0 aromatic heterocycles. The second kappa shape index (κ2) is 6.08. The highest BCUT2D eigenvalue weighted by atomic mass is 16.2. The van der Waals surface area contributed by atoms with Crippen LogP contribution in [0.1, 0.15) is 0 Å². The van der Waals surface area contributed by atoms with Gasteiger partial charge in [-0.25, -0.2) is 0 Å². The molecule has 1 aromatic carbocycles. The molecule has 0 unspecified atom stereocenters. The first kappa shape index (κ1) is 12.5. The molecule has 1 amide bonds. The largest absolute Gasteiger partial charge is 0.308 e. The molecule has 0 bridgehead atoms. The van der Waals surface area contributed by atoms with Gasteiger partial charge in [0.1, 0.15) is 0 Å². The molecule has 0 heterocycles. The molecular formula is C13H18N2O. The van der Waals surface area contributed by atoms with E-state index >= 15 is 0 Å². The van der Waals surface area contributed by atoms with Crippen LogP contribution in [0.5, 0.6) is 0 Å². The zero-order valence-corrected chi connectivity index (χ0v) is 9.89. The Morgan fingerprint density at radius 1 is 1.25 bits per heavy atom. The van der Waals surface area contributed by atoms with Gasteiger partial charge in [0.05, 0.1) is 0 Å². The van der Waals surface area contributed by atoms with Gasteiger partial charge in [-0.15, -0.1) is 0 Å². The zero-order chi connectivity index (χ0) is 12.0. The minimum atomic E-state index is -0.0620. The van der Waals surface area contributed by atoms with Crippen molar-refractivity contribution in [2.24, 2.45) is 0 Å². The number of likely N-dealkylation sites (N-methyl/N-ethyl adjacent to an activating group) is 1. The maximum atomic E-state index is 11.7. The van der Waals surface area contributed by atoms with Crippen molar-refractivity contribution in [3.63, 3.8) is 0 Å². The lowest BCUT2D eigenvalue weighted by atomic mass is 10.2. The summed E-state index contributed by atoms with van der Waals surface area (Å²) in [6, 6.07) is 9.64. The van der Waals surface area contributed by atoms with Crippen LogP contribution in [0.3, 0.4) is 0 Å². The fourth-order valence-electron chi connectivity index (χ4n) is 1.38. The van der Waals surface area contributed by atoms with Gasteiger partial charge in [0.2, 0.25) is 5.91 Å². The van der Waals surface area contributed by atoms with Gasteiger partial charge in [-0.05, 0) is 32.3 Å². The molecule has 86 valence electrons. The van der Waals surface area contributed by atoms with Crippen molar-refractivity contribution in [1.82, 2.24) is 4.90 Å². The molecule has 0 aliphatic rings. The molecule has 0 aliphatic heterocycles. The average molecular weight is 218 g/mol. The zero-order valence-electron chi connectivity index (χ0n) is 9.89. The molecule has 0 radical (unpaired) electrons. The Kier molecular flexibility index (Phi) is 4.73. The minimum absolute atomic E-state index is 0.0620. The first-order chi connectivity index (χ1) is 7.65. The van der Waals surface area contributed by atoms with E-state index in [4.69, 9.17) is 0 Å². The lowest BCUT2D eigenvalue weighted by Crippen LogP contribution is -2.35. The second-order valence-electron chi connectivity index (χ2n) is 3.83. The van der Waals surface area contributed by atoms with Gasteiger partial charge in [0, 0.05) is 18.8 Å².